The fraction of sp³-hybridized carbons (Fsp3) is 0.600. The monoisotopic (exact) mass is 312 g/mol. The van der Waals surface area contributed by atoms with Gasteiger partial charge in [-0.05, 0) is 6.92 Å². The molecule has 0 fully saturated rings. The molecule has 0 N–H and O–H groups in total. The molecule has 0 aliphatic heterocycles. The molecule has 0 saturated heterocycles. The maximum atomic E-state index is 12.0. The van der Waals surface area contributed by atoms with Crippen molar-refractivity contribution in [2.24, 2.45) is 0 Å². The van der Waals surface area contributed by atoms with Gasteiger partial charge < -0.3 is 0 Å². The van der Waals surface area contributed by atoms with Crippen LogP contribution >= 0.6 is 0 Å². The maximum absolute atomic E-state index is 12.0. The van der Waals surface area contributed by atoms with Crippen LogP contribution in [-0.2, 0) is 9.59 Å². The number of hydrogen-bond acceptors (Lipinski definition) is 2. The van der Waals surface area contributed by atoms with E-state index in [-0.39, 0.29) is 48.9 Å². The van der Waals surface area contributed by atoms with Crippen LogP contribution in [0.25, 0.3) is 0 Å². The van der Waals surface area contributed by atoms with Crippen molar-refractivity contribution in [3.63, 3.8) is 0 Å². The van der Waals surface area contributed by atoms with Gasteiger partial charge in [-0.25, -0.2) is 4.39 Å². The van der Waals surface area contributed by atoms with Crippen LogP contribution in [0, 0.1) is 0 Å². The van der Waals surface area contributed by atoms with Crippen molar-refractivity contribution in [2.75, 3.05) is 0 Å². The number of hydrogen-bond donors (Lipinski definition) is 0. The molecule has 0 rings (SSSR count). The summed E-state index contributed by atoms with van der Waals surface area (Å²) in [7, 11) is 0. The fourth-order valence-electron chi connectivity index (χ4n) is 0.328. The van der Waals surface area contributed by atoms with E-state index >= 15 is 0 Å². The van der Waals surface area contributed by atoms with Crippen LogP contribution in [-0.4, -0.2) is 72.8 Å². The van der Waals surface area contributed by atoms with Crippen LogP contribution in [0.4, 0.5) is 17.6 Å². The van der Waals surface area contributed by atoms with Crippen molar-refractivity contribution in [1.29, 1.82) is 0 Å². The van der Waals surface area contributed by atoms with E-state index in [0.717, 1.165) is 0 Å². The first-order valence-electron chi connectivity index (χ1n) is 2.52. The van der Waals surface area contributed by atoms with Gasteiger partial charge in [0.1, 0.15) is 0 Å². The number of carbonyl (C=O) groups excluding carboxylic acids is 2. The van der Waals surface area contributed by atoms with Crippen molar-refractivity contribution >= 4 is 60.4 Å². The quantitative estimate of drug-likeness (QED) is 0.413. The Bertz CT molecular complexity index is 188. The second-order valence-electron chi connectivity index (χ2n) is 1.84. The third-order valence-electron chi connectivity index (χ3n) is 0.866. The van der Waals surface area contributed by atoms with Gasteiger partial charge >= 0.3 is 55.1 Å². The molecule has 1 atom stereocenters. The van der Waals surface area contributed by atoms with Gasteiger partial charge in [0.2, 0.25) is 6.17 Å². The summed E-state index contributed by atoms with van der Waals surface area (Å²) < 4.78 is 46.0. The summed E-state index contributed by atoms with van der Waals surface area (Å²) in [4.78, 5) is 19.8. The van der Waals surface area contributed by atoms with Crippen LogP contribution in [0.1, 0.15) is 6.92 Å². The minimum atomic E-state index is -5.27. The van der Waals surface area contributed by atoms with Gasteiger partial charge in [-0.15, -0.1) is 0 Å². The standard InChI is InChI=1S/C5H4F4O2.Ba.2H/c1-2(10)3(6)4(11)5(7,8)9;;;/h3H,1H3;;;. The zero-order chi connectivity index (χ0) is 9.23. The molecule has 0 aromatic carbocycles. The molecule has 0 aliphatic rings. The topological polar surface area (TPSA) is 34.1 Å². The molecule has 68 valence electrons. The molecule has 12 heavy (non-hydrogen) atoms. The predicted molar refractivity (Wildman–Crippen MR) is 35.2 cm³/mol. The number of halogens is 4. The zero-order valence-electron chi connectivity index (χ0n) is 5.41. The molecule has 0 aliphatic carbocycles. The Morgan fingerprint density at radius 3 is 1.67 bits per heavy atom. The van der Waals surface area contributed by atoms with Crippen LogP contribution in [0.5, 0.6) is 0 Å². The van der Waals surface area contributed by atoms with Crippen molar-refractivity contribution in [1.82, 2.24) is 0 Å². The summed E-state index contributed by atoms with van der Waals surface area (Å²) in [5.74, 6) is -4.09. The summed E-state index contributed by atoms with van der Waals surface area (Å²) in [5, 5.41) is 0. The van der Waals surface area contributed by atoms with Crippen LogP contribution in [0.15, 0.2) is 0 Å². The summed E-state index contributed by atoms with van der Waals surface area (Å²) >= 11 is 0. The Kier molecular flexibility index (Phi) is 6.78. The van der Waals surface area contributed by atoms with Gasteiger partial charge in [-0.1, -0.05) is 0 Å². The molecule has 0 amide bonds. The van der Waals surface area contributed by atoms with E-state index in [2.05, 4.69) is 0 Å². The average molecular weight is 311 g/mol. The first kappa shape index (κ1) is 15.1. The molecule has 0 heterocycles. The van der Waals surface area contributed by atoms with E-state index < -0.39 is 23.9 Å². The van der Waals surface area contributed by atoms with Crippen LogP contribution < -0.4 is 0 Å². The van der Waals surface area contributed by atoms with Gasteiger partial charge in [0.25, 0.3) is 5.78 Å². The van der Waals surface area contributed by atoms with E-state index in [1.165, 1.54) is 0 Å². The number of carbonyl (C=O) groups is 2. The van der Waals surface area contributed by atoms with E-state index in [4.69, 9.17) is 0 Å². The first-order valence-corrected chi connectivity index (χ1v) is 2.52. The Balaban J connectivity index is 0. The third kappa shape index (κ3) is 4.61. The third-order valence-corrected chi connectivity index (χ3v) is 0.866. The van der Waals surface area contributed by atoms with E-state index in [1.807, 2.05) is 0 Å². The van der Waals surface area contributed by atoms with E-state index in [1.54, 1.807) is 0 Å². The van der Waals surface area contributed by atoms with E-state index in [9.17, 15) is 27.2 Å². The summed E-state index contributed by atoms with van der Waals surface area (Å²) in [6, 6.07) is 0. The normalized spacial score (nSPS) is 13.1. The van der Waals surface area contributed by atoms with Gasteiger partial charge in [0, 0.05) is 0 Å². The molecule has 0 radical (unpaired) electrons. The second-order valence-corrected chi connectivity index (χ2v) is 1.84. The summed E-state index contributed by atoms with van der Waals surface area (Å²) in [6.07, 6.45) is -8.35. The first-order chi connectivity index (χ1) is 4.76. The van der Waals surface area contributed by atoms with Gasteiger partial charge in [0.05, 0.1) is 0 Å². The minimum absolute atomic E-state index is 0. The van der Waals surface area contributed by atoms with Crippen LogP contribution in [0.3, 0.4) is 0 Å². The van der Waals surface area contributed by atoms with Crippen molar-refractivity contribution in [3.05, 3.63) is 0 Å². The van der Waals surface area contributed by atoms with Gasteiger partial charge in [-0.3, -0.25) is 9.59 Å². The van der Waals surface area contributed by atoms with Crippen molar-refractivity contribution < 1.29 is 27.2 Å². The molecule has 2 nitrogen and oxygen atoms in total. The number of alkyl halides is 4. The molecule has 0 aromatic rings. The Morgan fingerprint density at radius 1 is 1.25 bits per heavy atom. The fourth-order valence-corrected chi connectivity index (χ4v) is 0.328. The molecule has 0 aromatic heterocycles. The molecular weight excluding hydrogens is 305 g/mol. The summed E-state index contributed by atoms with van der Waals surface area (Å²) in [6.45, 7) is 0.578. The van der Waals surface area contributed by atoms with Crippen LogP contribution in [0.2, 0.25) is 0 Å². The zero-order valence-corrected chi connectivity index (χ0v) is 5.41. The number of rotatable bonds is 2. The van der Waals surface area contributed by atoms with E-state index in [0.29, 0.717) is 6.92 Å². The molecular formula is C5H6BaF4O2. The number of Topliss-reactive ketones (excluding diaryl/α,β-unsaturated/α-hetero) is 2. The number of ketones is 2. The molecule has 0 saturated carbocycles. The molecule has 7 heteroatoms. The van der Waals surface area contributed by atoms with Crippen molar-refractivity contribution in [2.45, 2.75) is 19.3 Å². The predicted octanol–water partition coefficient (Wildman–Crippen LogP) is 0.129. The van der Waals surface area contributed by atoms with Gasteiger partial charge in [-0.2, -0.15) is 13.2 Å². The molecule has 1 unspecified atom stereocenters. The van der Waals surface area contributed by atoms with Crippen molar-refractivity contribution in [3.8, 4) is 0 Å². The van der Waals surface area contributed by atoms with Gasteiger partial charge in [0.15, 0.2) is 5.78 Å². The average Bonchev–Trinajstić information content (AvgIpc) is 1.82. The second kappa shape index (κ2) is 5.38. The molecule has 0 spiro atoms. The Morgan fingerprint density at radius 2 is 1.58 bits per heavy atom. The molecule has 0 bridgehead atoms. The summed E-state index contributed by atoms with van der Waals surface area (Å²) in [5.41, 5.74) is 0. The Labute approximate surface area is 106 Å². The SMILES string of the molecule is CC(=O)C(F)C(=O)C(F)(F)F.[BaH2]. The Hall–Kier alpha value is 0.631.